The maximum atomic E-state index is 13.5. The molecular weight excluding hydrogens is 237 g/mol. The maximum Gasteiger partial charge on any atom is 0.164 e. The fourth-order valence-electron chi connectivity index (χ4n) is 1.77. The van der Waals surface area contributed by atoms with E-state index in [0.29, 0.717) is 5.69 Å². The smallest absolute Gasteiger partial charge is 0.164 e. The molecule has 0 saturated heterocycles. The number of hydrogen-bond donors (Lipinski definition) is 1. The van der Waals surface area contributed by atoms with Crippen LogP contribution in [-0.2, 0) is 0 Å². The molecule has 1 aromatic carbocycles. The molecule has 0 fully saturated rings. The molecule has 1 nitrogen and oxygen atoms in total. The average molecular weight is 258 g/mol. The molecule has 1 rings (SSSR count). The standard InChI is InChI=1S/C14H21ClFN/c1-2-3-4-5-6-7-11-17-13-10-8-9-12(15)14(13)16/h8-10,17H,2-7,11H2,1H3. The molecule has 0 amide bonds. The largest absolute Gasteiger partial charge is 0.383 e. The van der Waals surface area contributed by atoms with Gasteiger partial charge in [0.05, 0.1) is 10.7 Å². The number of benzene rings is 1. The molecule has 0 aliphatic rings. The van der Waals surface area contributed by atoms with Gasteiger partial charge in [0, 0.05) is 6.54 Å². The lowest BCUT2D eigenvalue weighted by Crippen LogP contribution is -2.03. The first-order chi connectivity index (χ1) is 8.25. The molecule has 0 aromatic heterocycles. The van der Waals surface area contributed by atoms with Crippen molar-refractivity contribution in [1.29, 1.82) is 0 Å². The fraction of sp³-hybridized carbons (Fsp3) is 0.571. The van der Waals surface area contributed by atoms with Crippen molar-refractivity contribution < 1.29 is 4.39 Å². The van der Waals surface area contributed by atoms with E-state index in [1.807, 2.05) is 0 Å². The number of hydrogen-bond acceptors (Lipinski definition) is 1. The predicted molar refractivity (Wildman–Crippen MR) is 73.3 cm³/mol. The normalized spacial score (nSPS) is 10.5. The second kappa shape index (κ2) is 8.35. The predicted octanol–water partition coefficient (Wildman–Crippen LogP) is 5.25. The number of anilines is 1. The highest BCUT2D eigenvalue weighted by atomic mass is 35.5. The van der Waals surface area contributed by atoms with Crippen LogP contribution < -0.4 is 5.32 Å². The first-order valence-electron chi connectivity index (χ1n) is 6.43. The third-order valence-corrected chi connectivity index (χ3v) is 3.09. The Bertz CT molecular complexity index is 328. The van der Waals surface area contributed by atoms with E-state index in [1.165, 1.54) is 32.1 Å². The first kappa shape index (κ1) is 14.3. The highest BCUT2D eigenvalue weighted by Gasteiger charge is 2.04. The lowest BCUT2D eigenvalue weighted by molar-refractivity contribution is 0.611. The summed E-state index contributed by atoms with van der Waals surface area (Å²) >= 11 is 5.70. The van der Waals surface area contributed by atoms with E-state index in [-0.39, 0.29) is 10.8 Å². The zero-order chi connectivity index (χ0) is 12.5. The van der Waals surface area contributed by atoms with Crippen molar-refractivity contribution in [2.75, 3.05) is 11.9 Å². The molecule has 0 atom stereocenters. The molecule has 1 N–H and O–H groups in total. The van der Waals surface area contributed by atoms with Gasteiger partial charge in [-0.2, -0.15) is 0 Å². The maximum absolute atomic E-state index is 13.5. The molecule has 0 aliphatic carbocycles. The first-order valence-corrected chi connectivity index (χ1v) is 6.81. The van der Waals surface area contributed by atoms with Crippen molar-refractivity contribution in [1.82, 2.24) is 0 Å². The molecule has 3 heteroatoms. The van der Waals surface area contributed by atoms with Crippen molar-refractivity contribution in [3.05, 3.63) is 29.0 Å². The summed E-state index contributed by atoms with van der Waals surface area (Å²) in [6.07, 6.45) is 7.45. The van der Waals surface area contributed by atoms with Gasteiger partial charge >= 0.3 is 0 Å². The fourth-order valence-corrected chi connectivity index (χ4v) is 1.94. The van der Waals surface area contributed by atoms with Gasteiger partial charge in [0.2, 0.25) is 0 Å². The van der Waals surface area contributed by atoms with Gasteiger partial charge in [-0.25, -0.2) is 4.39 Å². The van der Waals surface area contributed by atoms with Crippen molar-refractivity contribution in [3.63, 3.8) is 0 Å². The van der Waals surface area contributed by atoms with Crippen LogP contribution in [0.15, 0.2) is 18.2 Å². The molecule has 1 aromatic rings. The molecule has 0 unspecified atom stereocenters. The van der Waals surface area contributed by atoms with Gasteiger partial charge in [-0.1, -0.05) is 56.7 Å². The minimum Gasteiger partial charge on any atom is -0.383 e. The third kappa shape index (κ3) is 5.40. The molecule has 0 aliphatic heterocycles. The quantitative estimate of drug-likeness (QED) is 0.627. The lowest BCUT2D eigenvalue weighted by atomic mass is 10.1. The van der Waals surface area contributed by atoms with Crippen molar-refractivity contribution >= 4 is 17.3 Å². The Kier molecular flexibility index (Phi) is 7.02. The third-order valence-electron chi connectivity index (χ3n) is 2.80. The number of nitrogens with one attached hydrogen (secondary N) is 1. The second-order valence-corrected chi connectivity index (χ2v) is 4.70. The molecule has 0 bridgehead atoms. The monoisotopic (exact) mass is 257 g/mol. The summed E-state index contributed by atoms with van der Waals surface area (Å²) in [5, 5.41) is 3.26. The van der Waals surface area contributed by atoms with E-state index in [4.69, 9.17) is 11.6 Å². The van der Waals surface area contributed by atoms with Gasteiger partial charge in [-0.05, 0) is 18.6 Å². The molecular formula is C14H21ClFN. The highest BCUT2D eigenvalue weighted by molar-refractivity contribution is 6.31. The minimum atomic E-state index is -0.347. The Balaban J connectivity index is 2.16. The van der Waals surface area contributed by atoms with Crippen LogP contribution >= 0.6 is 11.6 Å². The Hall–Kier alpha value is -0.760. The Morgan fingerprint density at radius 3 is 2.59 bits per heavy atom. The molecule has 0 spiro atoms. The van der Waals surface area contributed by atoms with Crippen LogP contribution in [-0.4, -0.2) is 6.54 Å². The van der Waals surface area contributed by atoms with E-state index in [2.05, 4.69) is 12.2 Å². The summed E-state index contributed by atoms with van der Waals surface area (Å²) in [7, 11) is 0. The molecule has 96 valence electrons. The summed E-state index contributed by atoms with van der Waals surface area (Å²) in [4.78, 5) is 0. The van der Waals surface area contributed by atoms with Gasteiger partial charge in [0.1, 0.15) is 0 Å². The Morgan fingerprint density at radius 1 is 1.12 bits per heavy atom. The van der Waals surface area contributed by atoms with Crippen molar-refractivity contribution in [2.24, 2.45) is 0 Å². The molecule has 17 heavy (non-hydrogen) atoms. The zero-order valence-electron chi connectivity index (χ0n) is 10.4. The molecule has 0 radical (unpaired) electrons. The van der Waals surface area contributed by atoms with Crippen LogP contribution in [0, 0.1) is 5.82 Å². The van der Waals surface area contributed by atoms with Gasteiger partial charge in [-0.15, -0.1) is 0 Å². The van der Waals surface area contributed by atoms with Crippen LogP contribution in [0.4, 0.5) is 10.1 Å². The topological polar surface area (TPSA) is 12.0 Å². The van der Waals surface area contributed by atoms with Gasteiger partial charge < -0.3 is 5.32 Å². The van der Waals surface area contributed by atoms with E-state index >= 15 is 0 Å². The van der Waals surface area contributed by atoms with Crippen LogP contribution in [0.3, 0.4) is 0 Å². The van der Waals surface area contributed by atoms with Crippen LogP contribution in [0.25, 0.3) is 0 Å². The summed E-state index contributed by atoms with van der Waals surface area (Å²) in [5.74, 6) is -0.347. The van der Waals surface area contributed by atoms with E-state index < -0.39 is 0 Å². The number of unbranched alkanes of at least 4 members (excludes halogenated alkanes) is 5. The van der Waals surface area contributed by atoms with E-state index in [0.717, 1.165) is 13.0 Å². The summed E-state index contributed by atoms with van der Waals surface area (Å²) < 4.78 is 13.5. The van der Waals surface area contributed by atoms with Gasteiger partial charge in [-0.3, -0.25) is 0 Å². The molecule has 0 saturated carbocycles. The molecule has 0 heterocycles. The van der Waals surface area contributed by atoms with E-state index in [1.54, 1.807) is 18.2 Å². The Labute approximate surface area is 108 Å². The van der Waals surface area contributed by atoms with Crippen LogP contribution in [0.1, 0.15) is 45.4 Å². The second-order valence-electron chi connectivity index (χ2n) is 4.30. The number of halogens is 2. The summed E-state index contributed by atoms with van der Waals surface area (Å²) in [6.45, 7) is 3.02. The number of rotatable bonds is 8. The van der Waals surface area contributed by atoms with Crippen LogP contribution in [0.5, 0.6) is 0 Å². The minimum absolute atomic E-state index is 0.179. The van der Waals surface area contributed by atoms with Gasteiger partial charge in [0.15, 0.2) is 5.82 Å². The Morgan fingerprint density at radius 2 is 1.82 bits per heavy atom. The van der Waals surface area contributed by atoms with Crippen molar-refractivity contribution in [2.45, 2.75) is 45.4 Å². The lowest BCUT2D eigenvalue weighted by Gasteiger charge is -2.08. The van der Waals surface area contributed by atoms with Crippen molar-refractivity contribution in [3.8, 4) is 0 Å². The zero-order valence-corrected chi connectivity index (χ0v) is 11.2. The summed E-state index contributed by atoms with van der Waals surface area (Å²) in [6, 6.07) is 5.04. The van der Waals surface area contributed by atoms with Gasteiger partial charge in [0.25, 0.3) is 0 Å². The van der Waals surface area contributed by atoms with Crippen LogP contribution in [0.2, 0.25) is 5.02 Å². The van der Waals surface area contributed by atoms with E-state index in [9.17, 15) is 4.39 Å². The highest BCUT2D eigenvalue weighted by Crippen LogP contribution is 2.21. The average Bonchev–Trinajstić information content (AvgIpc) is 2.33. The SMILES string of the molecule is CCCCCCCCNc1cccc(Cl)c1F. The summed E-state index contributed by atoms with van der Waals surface area (Å²) in [5.41, 5.74) is 0.506.